The number of nitriles is 1. The van der Waals surface area contributed by atoms with Crippen LogP contribution in [0.25, 0.3) is 17.1 Å². The lowest BCUT2D eigenvalue weighted by Crippen LogP contribution is -2.27. The summed E-state index contributed by atoms with van der Waals surface area (Å²) in [6, 6.07) is 6.29. The molecule has 3 aromatic rings. The van der Waals surface area contributed by atoms with Crippen LogP contribution in [-0.4, -0.2) is 35.9 Å². The molecule has 0 unspecified atom stereocenters. The Bertz CT molecular complexity index is 1360. The maximum absolute atomic E-state index is 14.9. The van der Waals surface area contributed by atoms with Crippen molar-refractivity contribution >= 4 is 37.0 Å². The van der Waals surface area contributed by atoms with E-state index in [-0.39, 0.29) is 18.2 Å². The van der Waals surface area contributed by atoms with Gasteiger partial charge in [0.05, 0.1) is 17.1 Å². The van der Waals surface area contributed by atoms with Crippen molar-refractivity contribution in [1.29, 1.82) is 5.26 Å². The van der Waals surface area contributed by atoms with Gasteiger partial charge in [-0.05, 0) is 39.0 Å². The topological polar surface area (TPSA) is 98.4 Å². The number of ether oxygens (including phenoxy) is 3. The van der Waals surface area contributed by atoms with Gasteiger partial charge in [-0.15, -0.1) is 0 Å². The summed E-state index contributed by atoms with van der Waals surface area (Å²) in [6.07, 6.45) is 5.22. The fourth-order valence-corrected chi connectivity index (χ4v) is 4.21. The van der Waals surface area contributed by atoms with Gasteiger partial charge in [-0.1, -0.05) is 19.6 Å². The van der Waals surface area contributed by atoms with E-state index in [1.54, 1.807) is 37.6 Å². The van der Waals surface area contributed by atoms with Gasteiger partial charge in [-0.2, -0.15) is 5.26 Å². The molecule has 202 valence electrons. The number of nitrogens with one attached hydrogen (secondary N) is 1. The van der Waals surface area contributed by atoms with Gasteiger partial charge >= 0.3 is 6.09 Å². The van der Waals surface area contributed by atoms with Crippen molar-refractivity contribution in [2.24, 2.45) is 0 Å². The average Bonchev–Trinajstić information content (AvgIpc) is 3.14. The summed E-state index contributed by atoms with van der Waals surface area (Å²) < 4.78 is 48.3. The first-order valence-corrected chi connectivity index (χ1v) is 15.8. The van der Waals surface area contributed by atoms with Crippen molar-refractivity contribution in [3.05, 3.63) is 53.9 Å². The number of amides is 1. The Balaban J connectivity index is 1.91. The average molecular weight is 543 g/mol. The minimum atomic E-state index is -1.27. The van der Waals surface area contributed by atoms with E-state index in [1.807, 2.05) is 6.07 Å². The predicted molar refractivity (Wildman–Crippen MR) is 145 cm³/mol. The summed E-state index contributed by atoms with van der Waals surface area (Å²) in [4.78, 5) is 16.4. The molecule has 0 fully saturated rings. The molecule has 8 nitrogen and oxygen atoms in total. The Morgan fingerprint density at radius 3 is 2.53 bits per heavy atom. The first kappa shape index (κ1) is 28.8. The fraction of sp³-hybridized carbons (Fsp3) is 0.370. The number of hydrogen-bond donors (Lipinski definition) is 1. The van der Waals surface area contributed by atoms with Crippen LogP contribution in [0.3, 0.4) is 0 Å². The van der Waals surface area contributed by atoms with Gasteiger partial charge in [0.1, 0.15) is 23.7 Å². The molecule has 0 aliphatic carbocycles. The fourth-order valence-electron chi connectivity index (χ4n) is 3.46. The molecule has 0 aliphatic heterocycles. The van der Waals surface area contributed by atoms with E-state index in [4.69, 9.17) is 19.5 Å². The lowest BCUT2D eigenvalue weighted by atomic mass is 10.2. The minimum Gasteiger partial charge on any atom is -0.450 e. The Hall–Kier alpha value is -3.75. The smallest absolute Gasteiger partial charge is 0.412 e. The van der Waals surface area contributed by atoms with E-state index < -0.39 is 37.2 Å². The zero-order valence-electron chi connectivity index (χ0n) is 22.4. The third-order valence-electron chi connectivity index (χ3n) is 5.17. The maximum Gasteiger partial charge on any atom is 0.412 e. The quantitative estimate of drug-likeness (QED) is 0.173. The number of pyridine rings is 1. The van der Waals surface area contributed by atoms with Gasteiger partial charge in [0.25, 0.3) is 0 Å². The van der Waals surface area contributed by atoms with Crippen molar-refractivity contribution in [3.63, 3.8) is 0 Å². The first-order valence-electron chi connectivity index (χ1n) is 12.1. The number of carbonyl (C=O) groups excluding carboxylic acids is 1. The first-order chi connectivity index (χ1) is 17.8. The van der Waals surface area contributed by atoms with Crippen molar-refractivity contribution in [2.75, 3.05) is 11.9 Å². The monoisotopic (exact) mass is 542 g/mol. The number of hydrogen-bond acceptors (Lipinski definition) is 6. The Morgan fingerprint density at radius 1 is 1.24 bits per heavy atom. The predicted octanol–water partition coefficient (Wildman–Crippen LogP) is 7.30. The maximum atomic E-state index is 14.9. The number of halogens is 2. The zero-order valence-corrected chi connectivity index (χ0v) is 23.4. The van der Waals surface area contributed by atoms with E-state index in [0.29, 0.717) is 23.2 Å². The molecule has 0 saturated carbocycles. The SMILES string of the molecule is CC(C)(C)OC(=O)Nc1cc(F)c(Oc2ccnc3c2c(C=CC#N)cn3COCC[Si](C)(C)C)c(F)c1. The number of allylic oxidation sites excluding steroid dienone is 1. The summed E-state index contributed by atoms with van der Waals surface area (Å²) in [5, 5.41) is 11.8. The van der Waals surface area contributed by atoms with Gasteiger partial charge < -0.3 is 18.8 Å². The molecule has 1 aromatic carbocycles. The molecule has 0 spiro atoms. The third kappa shape index (κ3) is 7.87. The van der Waals surface area contributed by atoms with Crippen LogP contribution in [0.2, 0.25) is 25.7 Å². The molecule has 11 heteroatoms. The number of rotatable bonds is 9. The molecule has 3 rings (SSSR count). The van der Waals surface area contributed by atoms with Crippen LogP contribution in [0.1, 0.15) is 26.3 Å². The zero-order chi connectivity index (χ0) is 28.1. The molecular weight excluding hydrogens is 510 g/mol. The lowest BCUT2D eigenvalue weighted by Gasteiger charge is -2.20. The highest BCUT2D eigenvalue weighted by molar-refractivity contribution is 6.76. The van der Waals surface area contributed by atoms with Gasteiger partial charge in [0.2, 0.25) is 0 Å². The van der Waals surface area contributed by atoms with Crippen LogP contribution in [0.5, 0.6) is 11.5 Å². The van der Waals surface area contributed by atoms with Crippen LogP contribution in [0, 0.1) is 23.0 Å². The van der Waals surface area contributed by atoms with Crippen LogP contribution in [0.4, 0.5) is 19.3 Å². The number of nitrogens with zero attached hydrogens (tertiary/aromatic N) is 3. The van der Waals surface area contributed by atoms with Crippen LogP contribution in [-0.2, 0) is 16.2 Å². The summed E-state index contributed by atoms with van der Waals surface area (Å²) in [5.74, 6) is -2.56. The van der Waals surface area contributed by atoms with E-state index in [9.17, 15) is 13.6 Å². The molecule has 1 N–H and O–H groups in total. The second-order valence-corrected chi connectivity index (χ2v) is 16.5. The molecule has 0 aliphatic rings. The van der Waals surface area contributed by atoms with E-state index in [1.165, 1.54) is 18.3 Å². The highest BCUT2D eigenvalue weighted by atomic mass is 28.3. The molecule has 38 heavy (non-hydrogen) atoms. The van der Waals surface area contributed by atoms with Gasteiger partial charge in [0, 0.05) is 50.8 Å². The van der Waals surface area contributed by atoms with Crippen LogP contribution in [0.15, 0.2) is 36.7 Å². The molecule has 0 saturated heterocycles. The largest absolute Gasteiger partial charge is 0.450 e. The molecular formula is C27H32F2N4O4Si. The lowest BCUT2D eigenvalue weighted by molar-refractivity contribution is 0.0636. The molecule has 0 bridgehead atoms. The normalized spacial score (nSPS) is 12.1. The Labute approximate surface area is 221 Å². The van der Waals surface area contributed by atoms with E-state index in [2.05, 4.69) is 29.9 Å². The molecule has 0 atom stereocenters. The second-order valence-electron chi connectivity index (χ2n) is 10.9. The number of benzene rings is 1. The summed E-state index contributed by atoms with van der Waals surface area (Å²) in [5.41, 5.74) is 0.144. The third-order valence-corrected chi connectivity index (χ3v) is 6.87. The molecule has 0 radical (unpaired) electrons. The standard InChI is InChI=1S/C27H32F2N4O4Si/c1-27(2,3)37-26(34)32-19-14-20(28)24(21(29)15-19)36-22-9-11-31-25-23(22)18(8-7-10-30)16-33(25)17-35-12-13-38(4,5)6/h7-9,11,14-16H,12-13,17H2,1-6H3,(H,32,34). The van der Waals surface area contributed by atoms with E-state index in [0.717, 1.165) is 18.2 Å². The van der Waals surface area contributed by atoms with Crippen LogP contribution >= 0.6 is 0 Å². The molecule has 1 amide bonds. The van der Waals surface area contributed by atoms with Crippen molar-refractivity contribution < 1.29 is 27.8 Å². The highest BCUT2D eigenvalue weighted by Gasteiger charge is 2.21. The van der Waals surface area contributed by atoms with Gasteiger partial charge in [-0.3, -0.25) is 5.32 Å². The van der Waals surface area contributed by atoms with Crippen molar-refractivity contribution in [3.8, 4) is 17.6 Å². The molecule has 2 heterocycles. The number of anilines is 1. The Kier molecular flexibility index (Phi) is 8.91. The number of fused-ring (bicyclic) bond motifs is 1. The van der Waals surface area contributed by atoms with E-state index >= 15 is 0 Å². The second kappa shape index (κ2) is 11.7. The van der Waals surface area contributed by atoms with Crippen molar-refractivity contribution in [1.82, 2.24) is 9.55 Å². The number of carbonyl (C=O) groups is 1. The Morgan fingerprint density at radius 2 is 1.92 bits per heavy atom. The molecule has 2 aromatic heterocycles. The van der Waals surface area contributed by atoms with Gasteiger partial charge in [0.15, 0.2) is 17.4 Å². The summed E-state index contributed by atoms with van der Waals surface area (Å²) >= 11 is 0. The number of aromatic nitrogens is 2. The van der Waals surface area contributed by atoms with Crippen LogP contribution < -0.4 is 10.1 Å². The van der Waals surface area contributed by atoms with Crippen molar-refractivity contribution in [2.45, 2.75) is 58.8 Å². The summed E-state index contributed by atoms with van der Waals surface area (Å²) in [6.45, 7) is 12.6. The summed E-state index contributed by atoms with van der Waals surface area (Å²) in [7, 11) is -1.27. The minimum absolute atomic E-state index is 0.124. The van der Waals surface area contributed by atoms with Gasteiger partial charge in [-0.25, -0.2) is 18.6 Å². The highest BCUT2D eigenvalue weighted by Crippen LogP contribution is 2.36.